The first-order valence-corrected chi connectivity index (χ1v) is 6.68. The quantitative estimate of drug-likeness (QED) is 0.773. The number of rotatable bonds is 4. The highest BCUT2D eigenvalue weighted by Gasteiger charge is 2.05. The predicted octanol–water partition coefficient (Wildman–Crippen LogP) is 2.67. The Morgan fingerprint density at radius 3 is 2.81 bits per heavy atom. The monoisotopic (exact) mass is 283 g/mol. The van der Waals surface area contributed by atoms with Gasteiger partial charge in [-0.1, -0.05) is 6.07 Å². The first-order chi connectivity index (χ1) is 10.2. The fourth-order valence-electron chi connectivity index (χ4n) is 2.16. The van der Waals surface area contributed by atoms with E-state index in [2.05, 4.69) is 15.3 Å². The van der Waals surface area contributed by atoms with E-state index in [1.165, 1.54) is 24.3 Å². The van der Waals surface area contributed by atoms with Crippen LogP contribution in [0.1, 0.15) is 15.9 Å². The van der Waals surface area contributed by atoms with Crippen LogP contribution >= 0.6 is 0 Å². The van der Waals surface area contributed by atoms with Crippen molar-refractivity contribution < 1.29 is 9.18 Å². The summed E-state index contributed by atoms with van der Waals surface area (Å²) in [7, 11) is 0. The molecule has 4 nitrogen and oxygen atoms in total. The molecule has 0 aliphatic rings. The Bertz CT molecular complexity index is 765. The Balaban J connectivity index is 1.57. The topological polar surface area (TPSA) is 57.8 Å². The van der Waals surface area contributed by atoms with Crippen molar-refractivity contribution in [2.75, 3.05) is 6.54 Å². The Morgan fingerprint density at radius 2 is 2.00 bits per heavy atom. The Morgan fingerprint density at radius 1 is 1.19 bits per heavy atom. The van der Waals surface area contributed by atoms with Gasteiger partial charge in [-0.15, -0.1) is 0 Å². The highest BCUT2D eigenvalue weighted by atomic mass is 19.1. The average molecular weight is 283 g/mol. The van der Waals surface area contributed by atoms with Crippen LogP contribution in [0.15, 0.2) is 48.8 Å². The minimum absolute atomic E-state index is 0.197. The SMILES string of the molecule is O=C(NCCc1ccc2nc[nH]c2c1)c1ccc(F)cc1. The first kappa shape index (κ1) is 13.3. The lowest BCUT2D eigenvalue weighted by atomic mass is 10.1. The van der Waals surface area contributed by atoms with E-state index in [0.29, 0.717) is 12.1 Å². The summed E-state index contributed by atoms with van der Waals surface area (Å²) in [6, 6.07) is 11.5. The number of nitrogens with one attached hydrogen (secondary N) is 2. The number of amides is 1. The van der Waals surface area contributed by atoms with Crippen LogP contribution in [0.5, 0.6) is 0 Å². The maximum absolute atomic E-state index is 12.8. The summed E-state index contributed by atoms with van der Waals surface area (Å²) < 4.78 is 12.8. The summed E-state index contributed by atoms with van der Waals surface area (Å²) in [5.74, 6) is -0.544. The van der Waals surface area contributed by atoms with Crippen molar-refractivity contribution in [2.45, 2.75) is 6.42 Å². The number of H-pyrrole nitrogens is 1. The second kappa shape index (κ2) is 5.75. The van der Waals surface area contributed by atoms with Gasteiger partial charge in [0.25, 0.3) is 5.91 Å². The fraction of sp³-hybridized carbons (Fsp3) is 0.125. The first-order valence-electron chi connectivity index (χ1n) is 6.68. The molecule has 0 atom stereocenters. The number of hydrogen-bond acceptors (Lipinski definition) is 2. The molecule has 0 spiro atoms. The number of hydrogen-bond donors (Lipinski definition) is 2. The molecular formula is C16H14FN3O. The van der Waals surface area contributed by atoms with Crippen LogP contribution < -0.4 is 5.32 Å². The molecule has 0 saturated heterocycles. The van der Waals surface area contributed by atoms with Gasteiger partial charge in [-0.2, -0.15) is 0 Å². The molecule has 3 rings (SSSR count). The molecule has 2 aromatic carbocycles. The van der Waals surface area contributed by atoms with Crippen LogP contribution in [0.4, 0.5) is 4.39 Å². The number of fused-ring (bicyclic) bond motifs is 1. The number of nitrogens with zero attached hydrogens (tertiary/aromatic N) is 1. The van der Waals surface area contributed by atoms with E-state index in [1.54, 1.807) is 6.33 Å². The van der Waals surface area contributed by atoms with Crippen molar-refractivity contribution in [1.82, 2.24) is 15.3 Å². The molecule has 0 unspecified atom stereocenters. The lowest BCUT2D eigenvalue weighted by Crippen LogP contribution is -2.25. The van der Waals surface area contributed by atoms with Crippen LogP contribution in [-0.4, -0.2) is 22.4 Å². The average Bonchev–Trinajstić information content (AvgIpc) is 2.95. The van der Waals surface area contributed by atoms with Crippen LogP contribution in [0, 0.1) is 5.82 Å². The molecule has 0 fully saturated rings. The molecule has 0 bridgehead atoms. The van der Waals surface area contributed by atoms with Gasteiger partial charge in [0, 0.05) is 12.1 Å². The molecule has 1 amide bonds. The van der Waals surface area contributed by atoms with Crippen molar-refractivity contribution in [3.05, 3.63) is 65.7 Å². The van der Waals surface area contributed by atoms with Crippen molar-refractivity contribution in [3.63, 3.8) is 0 Å². The second-order valence-electron chi connectivity index (χ2n) is 4.77. The molecule has 3 aromatic rings. The molecule has 1 aromatic heterocycles. The number of halogens is 1. The smallest absolute Gasteiger partial charge is 0.251 e. The number of benzene rings is 2. The van der Waals surface area contributed by atoms with Gasteiger partial charge >= 0.3 is 0 Å². The van der Waals surface area contributed by atoms with Gasteiger partial charge in [-0.3, -0.25) is 4.79 Å². The van der Waals surface area contributed by atoms with Crippen molar-refractivity contribution >= 4 is 16.9 Å². The van der Waals surface area contributed by atoms with E-state index < -0.39 is 0 Å². The van der Waals surface area contributed by atoms with Crippen LogP contribution in [-0.2, 0) is 6.42 Å². The van der Waals surface area contributed by atoms with Crippen LogP contribution in [0.3, 0.4) is 0 Å². The molecule has 5 heteroatoms. The summed E-state index contributed by atoms with van der Waals surface area (Å²) in [6.07, 6.45) is 2.38. The fourth-order valence-corrected chi connectivity index (χ4v) is 2.16. The summed E-state index contributed by atoms with van der Waals surface area (Å²) in [4.78, 5) is 19.1. The summed E-state index contributed by atoms with van der Waals surface area (Å²) in [6.45, 7) is 0.524. The zero-order valence-electron chi connectivity index (χ0n) is 11.3. The number of aromatic nitrogens is 2. The minimum atomic E-state index is -0.348. The van der Waals surface area contributed by atoms with Gasteiger partial charge in [0.05, 0.1) is 17.4 Å². The molecule has 106 valence electrons. The van der Waals surface area contributed by atoms with E-state index in [1.807, 2.05) is 18.2 Å². The second-order valence-corrected chi connectivity index (χ2v) is 4.77. The summed E-state index contributed by atoms with van der Waals surface area (Å²) in [5.41, 5.74) is 3.48. The highest BCUT2D eigenvalue weighted by molar-refractivity contribution is 5.94. The number of carbonyl (C=O) groups excluding carboxylic acids is 1. The largest absolute Gasteiger partial charge is 0.352 e. The molecule has 0 radical (unpaired) electrons. The Hall–Kier alpha value is -2.69. The van der Waals surface area contributed by atoms with Gasteiger partial charge < -0.3 is 10.3 Å². The zero-order chi connectivity index (χ0) is 14.7. The molecule has 21 heavy (non-hydrogen) atoms. The van der Waals surface area contributed by atoms with Crippen LogP contribution in [0.2, 0.25) is 0 Å². The highest BCUT2D eigenvalue weighted by Crippen LogP contribution is 2.11. The van der Waals surface area contributed by atoms with Gasteiger partial charge in [0.2, 0.25) is 0 Å². The lowest BCUT2D eigenvalue weighted by molar-refractivity contribution is 0.0954. The third-order valence-electron chi connectivity index (χ3n) is 3.29. The maximum Gasteiger partial charge on any atom is 0.251 e. The van der Waals surface area contributed by atoms with E-state index in [-0.39, 0.29) is 11.7 Å². The molecule has 0 aliphatic heterocycles. The third kappa shape index (κ3) is 3.08. The lowest BCUT2D eigenvalue weighted by Gasteiger charge is -2.05. The standard InChI is InChI=1S/C16H14FN3O/c17-13-4-2-12(3-5-13)16(21)18-8-7-11-1-6-14-15(9-11)20-10-19-14/h1-6,9-10H,7-8H2,(H,18,21)(H,19,20). The van der Waals surface area contributed by atoms with E-state index in [9.17, 15) is 9.18 Å². The number of carbonyl (C=O) groups is 1. The molecular weight excluding hydrogens is 269 g/mol. The normalized spacial score (nSPS) is 10.7. The number of imidazole rings is 1. The molecule has 0 aliphatic carbocycles. The summed E-state index contributed by atoms with van der Waals surface area (Å²) >= 11 is 0. The third-order valence-corrected chi connectivity index (χ3v) is 3.29. The minimum Gasteiger partial charge on any atom is -0.352 e. The maximum atomic E-state index is 12.8. The van der Waals surface area contributed by atoms with Gasteiger partial charge in [-0.25, -0.2) is 9.37 Å². The van der Waals surface area contributed by atoms with Gasteiger partial charge in [0.15, 0.2) is 0 Å². The predicted molar refractivity (Wildman–Crippen MR) is 78.5 cm³/mol. The Labute approximate surface area is 121 Å². The molecule has 1 heterocycles. The molecule has 0 saturated carbocycles. The molecule has 2 N–H and O–H groups in total. The van der Waals surface area contributed by atoms with Crippen molar-refractivity contribution in [1.29, 1.82) is 0 Å². The van der Waals surface area contributed by atoms with Crippen molar-refractivity contribution in [2.24, 2.45) is 0 Å². The zero-order valence-corrected chi connectivity index (χ0v) is 11.3. The Kier molecular flexibility index (Phi) is 3.64. The van der Waals surface area contributed by atoms with E-state index in [0.717, 1.165) is 23.0 Å². The number of aromatic amines is 1. The van der Waals surface area contributed by atoms with Gasteiger partial charge in [0.1, 0.15) is 5.82 Å². The van der Waals surface area contributed by atoms with E-state index >= 15 is 0 Å². The van der Waals surface area contributed by atoms with Crippen molar-refractivity contribution in [3.8, 4) is 0 Å². The van der Waals surface area contributed by atoms with E-state index in [4.69, 9.17) is 0 Å². The van der Waals surface area contributed by atoms with Crippen LogP contribution in [0.25, 0.3) is 11.0 Å². The summed E-state index contributed by atoms with van der Waals surface area (Å²) in [5, 5.41) is 2.82. The van der Waals surface area contributed by atoms with Gasteiger partial charge in [-0.05, 0) is 48.4 Å².